The van der Waals surface area contributed by atoms with Crippen molar-refractivity contribution in [3.05, 3.63) is 23.9 Å². The van der Waals surface area contributed by atoms with E-state index in [4.69, 9.17) is 10.00 Å². The molecular weight excluding hydrogens is 202 g/mol. The van der Waals surface area contributed by atoms with E-state index in [1.54, 1.807) is 18.3 Å². The summed E-state index contributed by atoms with van der Waals surface area (Å²) in [5.74, 6) is 0.767. The van der Waals surface area contributed by atoms with E-state index >= 15 is 0 Å². The molecule has 0 radical (unpaired) electrons. The van der Waals surface area contributed by atoms with Crippen molar-refractivity contribution in [2.45, 2.75) is 25.3 Å². The van der Waals surface area contributed by atoms with Crippen LogP contribution in [0.5, 0.6) is 0 Å². The van der Waals surface area contributed by atoms with Gasteiger partial charge in [0.2, 0.25) is 0 Å². The van der Waals surface area contributed by atoms with Gasteiger partial charge in [0.1, 0.15) is 5.82 Å². The molecule has 4 nitrogen and oxygen atoms in total. The highest BCUT2D eigenvalue weighted by Crippen LogP contribution is 2.24. The van der Waals surface area contributed by atoms with Gasteiger partial charge in [-0.1, -0.05) is 0 Å². The van der Waals surface area contributed by atoms with Gasteiger partial charge in [-0.3, -0.25) is 0 Å². The number of hydrogen-bond donors (Lipinski definition) is 1. The summed E-state index contributed by atoms with van der Waals surface area (Å²) in [6, 6.07) is 5.60. The Labute approximate surface area is 95.3 Å². The summed E-state index contributed by atoms with van der Waals surface area (Å²) in [7, 11) is 0. The molecule has 84 valence electrons. The number of nitriles is 1. The molecule has 2 rings (SSSR count). The first-order chi connectivity index (χ1) is 7.72. The van der Waals surface area contributed by atoms with Crippen molar-refractivity contribution in [3.8, 4) is 6.07 Å². The topological polar surface area (TPSA) is 57.9 Å². The minimum absolute atomic E-state index is 0.0271. The van der Waals surface area contributed by atoms with Crippen LogP contribution in [0.1, 0.15) is 25.3 Å². The van der Waals surface area contributed by atoms with Crippen molar-refractivity contribution in [1.29, 1.82) is 5.26 Å². The van der Waals surface area contributed by atoms with E-state index in [2.05, 4.69) is 23.3 Å². The minimum atomic E-state index is 0.0271. The summed E-state index contributed by atoms with van der Waals surface area (Å²) in [5.41, 5.74) is 0.660. The van der Waals surface area contributed by atoms with Crippen molar-refractivity contribution in [2.24, 2.45) is 0 Å². The van der Waals surface area contributed by atoms with Gasteiger partial charge in [-0.05, 0) is 31.9 Å². The predicted octanol–water partition coefficient (Wildman–Crippen LogP) is 1.93. The van der Waals surface area contributed by atoms with Gasteiger partial charge in [0.05, 0.1) is 11.6 Å². The number of hydrogen-bond acceptors (Lipinski definition) is 4. The standard InChI is InChI=1S/C12H15N3O/c1-12(3-6-16-7-4-12)15-11-8-10(9-13)2-5-14-11/h2,5,8H,3-4,6-7H2,1H3,(H,14,15). The van der Waals surface area contributed by atoms with E-state index in [1.807, 2.05) is 0 Å². The molecule has 0 aromatic carbocycles. The van der Waals surface area contributed by atoms with Gasteiger partial charge in [-0.15, -0.1) is 0 Å². The number of nitrogens with zero attached hydrogens (tertiary/aromatic N) is 2. The Morgan fingerprint density at radius 2 is 2.25 bits per heavy atom. The van der Waals surface area contributed by atoms with Crippen molar-refractivity contribution < 1.29 is 4.74 Å². The molecule has 0 saturated carbocycles. The van der Waals surface area contributed by atoms with Crippen molar-refractivity contribution in [1.82, 2.24) is 4.98 Å². The number of anilines is 1. The average molecular weight is 217 g/mol. The maximum absolute atomic E-state index is 8.81. The lowest BCUT2D eigenvalue weighted by Gasteiger charge is -2.34. The van der Waals surface area contributed by atoms with Gasteiger partial charge in [-0.25, -0.2) is 4.98 Å². The van der Waals surface area contributed by atoms with E-state index < -0.39 is 0 Å². The first-order valence-electron chi connectivity index (χ1n) is 5.44. The van der Waals surface area contributed by atoms with Crippen LogP contribution in [0.15, 0.2) is 18.3 Å². The molecule has 0 atom stereocenters. The van der Waals surface area contributed by atoms with Gasteiger partial charge < -0.3 is 10.1 Å². The maximum Gasteiger partial charge on any atom is 0.127 e. The molecule has 1 aliphatic heterocycles. The molecule has 4 heteroatoms. The molecule has 1 aromatic heterocycles. The molecule has 16 heavy (non-hydrogen) atoms. The van der Waals surface area contributed by atoms with Crippen LogP contribution in [0, 0.1) is 11.3 Å². The van der Waals surface area contributed by atoms with E-state index in [0.717, 1.165) is 31.9 Å². The van der Waals surface area contributed by atoms with Crippen LogP contribution in [0.4, 0.5) is 5.82 Å². The molecule has 0 aliphatic carbocycles. The zero-order chi connectivity index (χ0) is 11.4. The number of aromatic nitrogens is 1. The first-order valence-corrected chi connectivity index (χ1v) is 5.44. The van der Waals surface area contributed by atoms with E-state index in [-0.39, 0.29) is 5.54 Å². The van der Waals surface area contributed by atoms with Crippen LogP contribution >= 0.6 is 0 Å². The zero-order valence-electron chi connectivity index (χ0n) is 9.36. The number of pyridine rings is 1. The van der Waals surface area contributed by atoms with Crippen LogP contribution < -0.4 is 5.32 Å². The van der Waals surface area contributed by atoms with Gasteiger partial charge >= 0.3 is 0 Å². The SMILES string of the molecule is CC1(Nc2cc(C#N)ccn2)CCOCC1. The molecule has 0 amide bonds. The fourth-order valence-electron chi connectivity index (χ4n) is 1.82. The second-order valence-electron chi connectivity index (χ2n) is 4.34. The quantitative estimate of drug-likeness (QED) is 0.822. The summed E-state index contributed by atoms with van der Waals surface area (Å²) in [5, 5.41) is 12.2. The van der Waals surface area contributed by atoms with E-state index in [9.17, 15) is 0 Å². The number of nitrogens with one attached hydrogen (secondary N) is 1. The highest BCUT2D eigenvalue weighted by molar-refractivity contribution is 5.44. The third-order valence-corrected chi connectivity index (χ3v) is 2.92. The molecule has 0 spiro atoms. The van der Waals surface area contributed by atoms with Crippen LogP contribution in [-0.2, 0) is 4.74 Å². The Kier molecular flexibility index (Phi) is 3.07. The van der Waals surface area contributed by atoms with Crippen molar-refractivity contribution in [2.75, 3.05) is 18.5 Å². The van der Waals surface area contributed by atoms with Gasteiger partial charge in [0.15, 0.2) is 0 Å². The highest BCUT2D eigenvalue weighted by atomic mass is 16.5. The van der Waals surface area contributed by atoms with E-state index in [1.165, 1.54) is 0 Å². The van der Waals surface area contributed by atoms with Crippen LogP contribution in [0.3, 0.4) is 0 Å². The Morgan fingerprint density at radius 1 is 1.50 bits per heavy atom. The summed E-state index contributed by atoms with van der Waals surface area (Å²) in [6.45, 7) is 3.72. The molecule has 0 unspecified atom stereocenters. The Bertz CT molecular complexity index is 405. The maximum atomic E-state index is 8.81. The summed E-state index contributed by atoms with van der Waals surface area (Å²) >= 11 is 0. The van der Waals surface area contributed by atoms with Crippen LogP contribution in [0.25, 0.3) is 0 Å². The van der Waals surface area contributed by atoms with E-state index in [0.29, 0.717) is 5.56 Å². The Hall–Kier alpha value is -1.60. The monoisotopic (exact) mass is 217 g/mol. The summed E-state index contributed by atoms with van der Waals surface area (Å²) < 4.78 is 5.33. The third-order valence-electron chi connectivity index (χ3n) is 2.92. The lowest BCUT2D eigenvalue weighted by atomic mass is 9.92. The fraction of sp³-hybridized carbons (Fsp3) is 0.500. The Balaban J connectivity index is 2.10. The Morgan fingerprint density at radius 3 is 2.94 bits per heavy atom. The van der Waals surface area contributed by atoms with Crippen LogP contribution in [-0.4, -0.2) is 23.7 Å². The molecule has 1 saturated heterocycles. The molecule has 1 N–H and O–H groups in total. The lowest BCUT2D eigenvalue weighted by Crippen LogP contribution is -2.40. The van der Waals surface area contributed by atoms with Gasteiger partial charge in [0, 0.05) is 24.9 Å². The second kappa shape index (κ2) is 4.50. The smallest absolute Gasteiger partial charge is 0.127 e. The van der Waals surface area contributed by atoms with Crippen molar-refractivity contribution in [3.63, 3.8) is 0 Å². The summed E-state index contributed by atoms with van der Waals surface area (Å²) in [4.78, 5) is 4.22. The van der Waals surface area contributed by atoms with Gasteiger partial charge in [0.25, 0.3) is 0 Å². The van der Waals surface area contributed by atoms with Crippen LogP contribution in [0.2, 0.25) is 0 Å². The fourth-order valence-corrected chi connectivity index (χ4v) is 1.82. The minimum Gasteiger partial charge on any atom is -0.381 e. The first kappa shape index (κ1) is 10.9. The average Bonchev–Trinajstić information content (AvgIpc) is 2.29. The highest BCUT2D eigenvalue weighted by Gasteiger charge is 2.27. The number of ether oxygens (including phenoxy) is 1. The third kappa shape index (κ3) is 2.50. The zero-order valence-corrected chi connectivity index (χ0v) is 9.36. The molecule has 0 bridgehead atoms. The molecule has 2 heterocycles. The molecular formula is C12H15N3O. The largest absolute Gasteiger partial charge is 0.381 e. The predicted molar refractivity (Wildman–Crippen MR) is 61.0 cm³/mol. The normalized spacial score (nSPS) is 18.8. The lowest BCUT2D eigenvalue weighted by molar-refractivity contribution is 0.0657. The van der Waals surface area contributed by atoms with Crippen molar-refractivity contribution >= 4 is 5.82 Å². The summed E-state index contributed by atoms with van der Waals surface area (Å²) in [6.07, 6.45) is 3.58. The molecule has 1 aliphatic rings. The molecule has 1 aromatic rings. The van der Waals surface area contributed by atoms with Gasteiger partial charge in [-0.2, -0.15) is 5.26 Å². The second-order valence-corrected chi connectivity index (χ2v) is 4.34. The molecule has 1 fully saturated rings. The number of rotatable bonds is 2.